The molecule has 0 spiro atoms. The van der Waals surface area contributed by atoms with Crippen LogP contribution in [0.15, 0.2) is 0 Å². The third kappa shape index (κ3) is 4.44. The number of carboxylic acid groups (broad SMARTS) is 1. The van der Waals surface area contributed by atoms with Gasteiger partial charge in [0, 0.05) is 10.3 Å². The lowest BCUT2D eigenvalue weighted by Crippen LogP contribution is -2.39. The van der Waals surface area contributed by atoms with Gasteiger partial charge >= 0.3 is 6.09 Å². The van der Waals surface area contributed by atoms with Gasteiger partial charge in [-0.3, -0.25) is 0 Å². The Morgan fingerprint density at radius 1 is 1.75 bits per heavy atom. The molecule has 0 fully saturated rings. The molecule has 0 aromatic rings. The Balaban J connectivity index is 4.10. The molecule has 0 heterocycles. The Kier molecular flexibility index (Phi) is 5.89. The second-order valence-corrected chi connectivity index (χ2v) is 3.27. The summed E-state index contributed by atoms with van der Waals surface area (Å²) in [6.45, 7) is 3.66. The summed E-state index contributed by atoms with van der Waals surface area (Å²) in [5.74, 6) is 5.76. The highest BCUT2D eigenvalue weighted by molar-refractivity contribution is 14.1. The van der Waals surface area contributed by atoms with Gasteiger partial charge in [0.25, 0.3) is 0 Å². The second-order valence-electron chi connectivity index (χ2n) is 2.39. The van der Waals surface area contributed by atoms with Crippen molar-refractivity contribution in [3.63, 3.8) is 0 Å². The van der Waals surface area contributed by atoms with E-state index in [1.165, 1.54) is 0 Å². The fraction of sp³-hybridized carbons (Fsp3) is 0.625. The van der Waals surface area contributed by atoms with Crippen LogP contribution in [-0.4, -0.2) is 21.7 Å². The van der Waals surface area contributed by atoms with E-state index in [0.717, 1.165) is 4.43 Å². The molecule has 0 aromatic heterocycles. The van der Waals surface area contributed by atoms with Crippen LogP contribution in [0.5, 0.6) is 0 Å². The number of nitrogens with one attached hydrogen (secondary N) is 1. The number of hydrogen-bond donors (Lipinski definition) is 2. The van der Waals surface area contributed by atoms with Crippen molar-refractivity contribution in [2.24, 2.45) is 5.92 Å². The Hall–Kier alpha value is -0.440. The molecule has 0 saturated carbocycles. The normalized spacial score (nSPS) is 13.9. The first-order chi connectivity index (χ1) is 5.61. The van der Waals surface area contributed by atoms with E-state index in [4.69, 9.17) is 5.11 Å². The van der Waals surface area contributed by atoms with Gasteiger partial charge in [-0.05, 0) is 13.8 Å². The molecule has 0 aliphatic carbocycles. The average Bonchev–Trinajstić information content (AvgIpc) is 2.00. The van der Waals surface area contributed by atoms with Crippen LogP contribution < -0.4 is 5.32 Å². The molecule has 2 unspecified atom stereocenters. The van der Waals surface area contributed by atoms with Crippen LogP contribution >= 0.6 is 22.6 Å². The van der Waals surface area contributed by atoms with Crippen LogP contribution in [0.3, 0.4) is 0 Å². The zero-order valence-electron chi connectivity index (χ0n) is 7.10. The molecular formula is C8H12INO2. The van der Waals surface area contributed by atoms with E-state index in [-0.39, 0.29) is 12.0 Å². The van der Waals surface area contributed by atoms with Gasteiger partial charge in [-0.1, -0.05) is 28.5 Å². The fourth-order valence-electron chi connectivity index (χ4n) is 0.784. The largest absolute Gasteiger partial charge is 0.465 e. The summed E-state index contributed by atoms with van der Waals surface area (Å²) in [6.07, 6.45) is -0.985. The average molecular weight is 281 g/mol. The first-order valence-electron chi connectivity index (χ1n) is 3.59. The summed E-state index contributed by atoms with van der Waals surface area (Å²) in [5.41, 5.74) is 0. The highest BCUT2D eigenvalue weighted by Crippen LogP contribution is 2.04. The third-order valence-corrected chi connectivity index (χ3v) is 2.40. The van der Waals surface area contributed by atoms with E-state index >= 15 is 0 Å². The molecule has 0 saturated heterocycles. The van der Waals surface area contributed by atoms with Crippen LogP contribution in [-0.2, 0) is 0 Å². The minimum Gasteiger partial charge on any atom is -0.465 e. The van der Waals surface area contributed by atoms with Crippen LogP contribution in [0, 0.1) is 17.8 Å². The molecule has 68 valence electrons. The molecule has 0 radical (unpaired) electrons. The van der Waals surface area contributed by atoms with Crippen LogP contribution in [0.1, 0.15) is 13.8 Å². The van der Waals surface area contributed by atoms with E-state index in [1.54, 1.807) is 6.92 Å². The maximum absolute atomic E-state index is 10.3. The summed E-state index contributed by atoms with van der Waals surface area (Å²) in [4.78, 5) is 10.3. The Bertz CT molecular complexity index is 207. The van der Waals surface area contributed by atoms with Crippen molar-refractivity contribution >= 4 is 28.7 Å². The van der Waals surface area contributed by atoms with Gasteiger partial charge in [-0.15, -0.1) is 5.92 Å². The zero-order valence-corrected chi connectivity index (χ0v) is 9.25. The molecule has 1 amide bonds. The van der Waals surface area contributed by atoms with Crippen molar-refractivity contribution in [1.29, 1.82) is 0 Å². The van der Waals surface area contributed by atoms with Gasteiger partial charge in [0.05, 0.1) is 6.04 Å². The molecular weight excluding hydrogens is 269 g/mol. The maximum Gasteiger partial charge on any atom is 0.404 e. The van der Waals surface area contributed by atoms with Gasteiger partial charge in [0.15, 0.2) is 0 Å². The third-order valence-electron chi connectivity index (χ3n) is 1.45. The molecule has 0 aromatic carbocycles. The van der Waals surface area contributed by atoms with Crippen molar-refractivity contribution in [3.05, 3.63) is 0 Å². The topological polar surface area (TPSA) is 49.3 Å². The summed E-state index contributed by atoms with van der Waals surface area (Å²) in [7, 11) is 0. The van der Waals surface area contributed by atoms with Crippen molar-refractivity contribution in [1.82, 2.24) is 5.32 Å². The lowest BCUT2D eigenvalue weighted by atomic mass is 10.1. The smallest absolute Gasteiger partial charge is 0.404 e. The zero-order chi connectivity index (χ0) is 9.56. The van der Waals surface area contributed by atoms with Crippen LogP contribution in [0.4, 0.5) is 4.79 Å². The van der Waals surface area contributed by atoms with Gasteiger partial charge in [0.1, 0.15) is 0 Å². The highest BCUT2D eigenvalue weighted by atomic mass is 127. The Labute approximate surface area is 86.1 Å². The van der Waals surface area contributed by atoms with E-state index < -0.39 is 6.09 Å². The number of halogens is 1. The van der Waals surface area contributed by atoms with Crippen molar-refractivity contribution in [2.45, 2.75) is 19.9 Å². The van der Waals surface area contributed by atoms with Gasteiger partial charge in [-0.2, -0.15) is 0 Å². The minimum atomic E-state index is -0.985. The Morgan fingerprint density at radius 3 is 2.67 bits per heavy atom. The van der Waals surface area contributed by atoms with Crippen LogP contribution in [0.2, 0.25) is 0 Å². The monoisotopic (exact) mass is 281 g/mol. The van der Waals surface area contributed by atoms with E-state index in [1.807, 2.05) is 6.92 Å². The molecule has 12 heavy (non-hydrogen) atoms. The predicted octanol–water partition coefficient (Wildman–Crippen LogP) is 1.72. The van der Waals surface area contributed by atoms with Crippen molar-refractivity contribution in [2.75, 3.05) is 4.43 Å². The highest BCUT2D eigenvalue weighted by Gasteiger charge is 2.15. The second kappa shape index (κ2) is 6.12. The molecule has 4 heteroatoms. The predicted molar refractivity (Wildman–Crippen MR) is 56.4 cm³/mol. The number of rotatable bonds is 3. The fourth-order valence-corrected chi connectivity index (χ4v) is 1.77. The lowest BCUT2D eigenvalue weighted by Gasteiger charge is -2.16. The molecule has 0 bridgehead atoms. The quantitative estimate of drug-likeness (QED) is 0.470. The van der Waals surface area contributed by atoms with Gasteiger partial charge < -0.3 is 10.4 Å². The molecule has 0 aliphatic rings. The van der Waals surface area contributed by atoms with E-state index in [0.29, 0.717) is 0 Å². The summed E-state index contributed by atoms with van der Waals surface area (Å²) in [5, 5.41) is 10.9. The molecule has 0 rings (SSSR count). The lowest BCUT2D eigenvalue weighted by molar-refractivity contribution is 0.189. The van der Waals surface area contributed by atoms with Crippen molar-refractivity contribution < 1.29 is 9.90 Å². The van der Waals surface area contributed by atoms with E-state index in [9.17, 15) is 4.79 Å². The minimum absolute atomic E-state index is 0.0722. The molecule has 2 atom stereocenters. The summed E-state index contributed by atoms with van der Waals surface area (Å²) in [6, 6.07) is -0.0736. The number of hydrogen-bond acceptors (Lipinski definition) is 1. The standard InChI is InChI=1S/C8H12INO2/c1-3-4-6(2)7(5-9)10-8(11)12/h6-7,10H,5H2,1-2H3,(H,11,12). The number of alkyl halides is 1. The summed E-state index contributed by atoms with van der Waals surface area (Å²) >= 11 is 2.14. The summed E-state index contributed by atoms with van der Waals surface area (Å²) < 4.78 is 0.736. The number of carbonyl (C=O) groups is 1. The van der Waals surface area contributed by atoms with Crippen molar-refractivity contribution in [3.8, 4) is 11.8 Å². The first-order valence-corrected chi connectivity index (χ1v) is 5.12. The first kappa shape index (κ1) is 11.6. The molecule has 3 nitrogen and oxygen atoms in total. The number of amides is 1. The van der Waals surface area contributed by atoms with E-state index in [2.05, 4.69) is 39.7 Å². The molecule has 0 aliphatic heterocycles. The maximum atomic E-state index is 10.3. The SMILES string of the molecule is CC#CC(C)C(CI)NC(=O)O. The van der Waals surface area contributed by atoms with Gasteiger partial charge in [-0.25, -0.2) is 4.79 Å². The van der Waals surface area contributed by atoms with Crippen LogP contribution in [0.25, 0.3) is 0 Å². The molecule has 2 N–H and O–H groups in total. The van der Waals surface area contributed by atoms with Gasteiger partial charge in [0.2, 0.25) is 0 Å². The Morgan fingerprint density at radius 2 is 2.33 bits per heavy atom.